The molecule has 0 aliphatic carbocycles. The van der Waals surface area contributed by atoms with E-state index in [-0.39, 0.29) is 0 Å². The molecule has 2 N–H and O–H groups in total. The van der Waals surface area contributed by atoms with E-state index in [1.54, 1.807) is 0 Å². The van der Waals surface area contributed by atoms with E-state index in [1.807, 2.05) is 37.4 Å². The predicted molar refractivity (Wildman–Crippen MR) is 72.0 cm³/mol. The highest BCUT2D eigenvalue weighted by Gasteiger charge is 2.09. The zero-order chi connectivity index (χ0) is 13.1. The van der Waals surface area contributed by atoms with Crippen LogP contribution in [0, 0.1) is 6.92 Å². The summed E-state index contributed by atoms with van der Waals surface area (Å²) in [5, 5.41) is 2.16. The van der Waals surface area contributed by atoms with Gasteiger partial charge in [0, 0.05) is 10.9 Å². The highest BCUT2D eigenvalue weighted by atomic mass is 32.1. The summed E-state index contributed by atoms with van der Waals surface area (Å²) >= 11 is 1.26. The van der Waals surface area contributed by atoms with Crippen molar-refractivity contribution in [2.24, 2.45) is 5.73 Å². The van der Waals surface area contributed by atoms with Crippen LogP contribution in [0.2, 0.25) is 0 Å². The van der Waals surface area contributed by atoms with Crippen LogP contribution in [0.5, 0.6) is 5.75 Å². The Balaban J connectivity index is 2.33. The van der Waals surface area contributed by atoms with Crippen LogP contribution in [-0.4, -0.2) is 17.5 Å². The standard InChI is InChI=1S/C13H14N2O2S/c1-3-17-11-5-4-9(6-8(11)2)10-7-18-13(15-10)12(14)16/h4-7H,3H2,1-2H3,(H2,14,16). The van der Waals surface area contributed by atoms with Crippen molar-refractivity contribution in [3.05, 3.63) is 34.2 Å². The van der Waals surface area contributed by atoms with Crippen molar-refractivity contribution in [1.82, 2.24) is 4.98 Å². The molecule has 0 radical (unpaired) electrons. The number of hydrogen-bond acceptors (Lipinski definition) is 4. The molecule has 0 saturated heterocycles. The van der Waals surface area contributed by atoms with Gasteiger partial charge < -0.3 is 10.5 Å². The molecule has 1 heterocycles. The van der Waals surface area contributed by atoms with Crippen LogP contribution in [0.1, 0.15) is 22.3 Å². The van der Waals surface area contributed by atoms with Gasteiger partial charge in [0.15, 0.2) is 5.01 Å². The summed E-state index contributed by atoms with van der Waals surface area (Å²) in [6.45, 7) is 4.57. The number of ether oxygens (including phenoxy) is 1. The molecule has 0 spiro atoms. The summed E-state index contributed by atoms with van der Waals surface area (Å²) in [6.07, 6.45) is 0. The Morgan fingerprint density at radius 2 is 2.28 bits per heavy atom. The van der Waals surface area contributed by atoms with E-state index >= 15 is 0 Å². The lowest BCUT2D eigenvalue weighted by Crippen LogP contribution is -2.10. The number of primary amides is 1. The van der Waals surface area contributed by atoms with Crippen LogP contribution in [-0.2, 0) is 0 Å². The number of thiazole rings is 1. The van der Waals surface area contributed by atoms with Gasteiger partial charge in [0.2, 0.25) is 0 Å². The van der Waals surface area contributed by atoms with Gasteiger partial charge in [0.1, 0.15) is 5.75 Å². The minimum Gasteiger partial charge on any atom is -0.494 e. The van der Waals surface area contributed by atoms with Crippen LogP contribution in [0.4, 0.5) is 0 Å². The summed E-state index contributed by atoms with van der Waals surface area (Å²) in [4.78, 5) is 15.2. The fraction of sp³-hybridized carbons (Fsp3) is 0.231. The highest BCUT2D eigenvalue weighted by molar-refractivity contribution is 7.12. The summed E-state index contributed by atoms with van der Waals surface area (Å²) in [5.74, 6) is 0.375. The average Bonchev–Trinajstić information content (AvgIpc) is 2.81. The molecule has 0 bridgehead atoms. The minimum absolute atomic E-state index is 0.330. The fourth-order valence-corrected chi connectivity index (χ4v) is 2.32. The third-order valence-corrected chi connectivity index (χ3v) is 3.34. The van der Waals surface area contributed by atoms with Gasteiger partial charge in [-0.2, -0.15) is 0 Å². The number of rotatable bonds is 4. The van der Waals surface area contributed by atoms with E-state index in [9.17, 15) is 4.79 Å². The Morgan fingerprint density at radius 1 is 1.50 bits per heavy atom. The van der Waals surface area contributed by atoms with Crippen LogP contribution >= 0.6 is 11.3 Å². The largest absolute Gasteiger partial charge is 0.494 e. The molecule has 0 saturated carbocycles. The maximum Gasteiger partial charge on any atom is 0.277 e. The van der Waals surface area contributed by atoms with Gasteiger partial charge in [0.05, 0.1) is 12.3 Å². The van der Waals surface area contributed by atoms with E-state index in [0.717, 1.165) is 22.6 Å². The number of nitrogens with two attached hydrogens (primary N) is 1. The van der Waals surface area contributed by atoms with Gasteiger partial charge in [-0.1, -0.05) is 0 Å². The molecule has 1 aromatic heterocycles. The molecule has 18 heavy (non-hydrogen) atoms. The van der Waals surface area contributed by atoms with Crippen molar-refractivity contribution in [3.63, 3.8) is 0 Å². The fourth-order valence-electron chi connectivity index (χ4n) is 1.65. The maximum absolute atomic E-state index is 11.0. The Bertz CT molecular complexity index is 578. The average molecular weight is 262 g/mol. The molecular formula is C13H14N2O2S. The first-order valence-electron chi connectivity index (χ1n) is 5.61. The second-order valence-electron chi connectivity index (χ2n) is 3.82. The molecule has 94 valence electrons. The van der Waals surface area contributed by atoms with E-state index in [0.29, 0.717) is 11.6 Å². The van der Waals surface area contributed by atoms with Crippen LogP contribution in [0.25, 0.3) is 11.3 Å². The third-order valence-electron chi connectivity index (χ3n) is 2.49. The zero-order valence-corrected chi connectivity index (χ0v) is 11.1. The molecule has 1 amide bonds. The van der Waals surface area contributed by atoms with Crippen molar-refractivity contribution >= 4 is 17.2 Å². The molecule has 2 rings (SSSR count). The first-order valence-corrected chi connectivity index (χ1v) is 6.49. The van der Waals surface area contributed by atoms with Crippen molar-refractivity contribution < 1.29 is 9.53 Å². The van der Waals surface area contributed by atoms with Crippen LogP contribution < -0.4 is 10.5 Å². The summed E-state index contributed by atoms with van der Waals surface area (Å²) in [5.41, 5.74) is 7.95. The summed E-state index contributed by atoms with van der Waals surface area (Å²) in [7, 11) is 0. The lowest BCUT2D eigenvalue weighted by atomic mass is 10.1. The van der Waals surface area contributed by atoms with E-state index in [1.165, 1.54) is 11.3 Å². The Morgan fingerprint density at radius 3 is 2.83 bits per heavy atom. The van der Waals surface area contributed by atoms with Crippen molar-refractivity contribution in [1.29, 1.82) is 0 Å². The van der Waals surface area contributed by atoms with Gasteiger partial charge in [-0.25, -0.2) is 4.98 Å². The number of nitrogens with zero attached hydrogens (tertiary/aromatic N) is 1. The van der Waals surface area contributed by atoms with Gasteiger partial charge in [-0.3, -0.25) is 4.79 Å². The predicted octanol–water partition coefficient (Wildman–Crippen LogP) is 2.62. The number of aromatic nitrogens is 1. The number of aryl methyl sites for hydroxylation is 1. The SMILES string of the molecule is CCOc1ccc(-c2csc(C(N)=O)n2)cc1C. The Labute approximate surface area is 109 Å². The summed E-state index contributed by atoms with van der Waals surface area (Å²) < 4.78 is 5.48. The third kappa shape index (κ3) is 2.51. The maximum atomic E-state index is 11.0. The van der Waals surface area contributed by atoms with Crippen molar-refractivity contribution in [2.75, 3.05) is 6.61 Å². The number of carbonyl (C=O) groups excluding carboxylic acids is 1. The molecule has 0 aliphatic rings. The molecule has 4 nitrogen and oxygen atoms in total. The lowest BCUT2D eigenvalue weighted by molar-refractivity contribution is 0.1000. The first kappa shape index (κ1) is 12.6. The second kappa shape index (κ2) is 5.18. The van der Waals surface area contributed by atoms with Gasteiger partial charge >= 0.3 is 0 Å². The van der Waals surface area contributed by atoms with E-state index in [2.05, 4.69) is 4.98 Å². The topological polar surface area (TPSA) is 65.2 Å². The Kier molecular flexibility index (Phi) is 3.62. The smallest absolute Gasteiger partial charge is 0.277 e. The summed E-state index contributed by atoms with van der Waals surface area (Å²) in [6, 6.07) is 5.83. The molecule has 0 unspecified atom stereocenters. The number of carbonyl (C=O) groups is 1. The molecular weight excluding hydrogens is 248 g/mol. The normalized spacial score (nSPS) is 10.3. The van der Waals surface area contributed by atoms with Gasteiger partial charge in [-0.15, -0.1) is 11.3 Å². The monoisotopic (exact) mass is 262 g/mol. The van der Waals surface area contributed by atoms with E-state index < -0.39 is 5.91 Å². The Hall–Kier alpha value is -1.88. The molecule has 2 aromatic rings. The number of amides is 1. The molecule has 1 aromatic carbocycles. The second-order valence-corrected chi connectivity index (χ2v) is 4.67. The molecule has 0 aliphatic heterocycles. The van der Waals surface area contributed by atoms with Gasteiger partial charge in [0.25, 0.3) is 5.91 Å². The van der Waals surface area contributed by atoms with Gasteiger partial charge in [-0.05, 0) is 37.6 Å². The number of hydrogen-bond donors (Lipinski definition) is 1. The molecule has 5 heteroatoms. The van der Waals surface area contributed by atoms with Crippen molar-refractivity contribution in [2.45, 2.75) is 13.8 Å². The van der Waals surface area contributed by atoms with Crippen LogP contribution in [0.3, 0.4) is 0 Å². The number of benzene rings is 1. The lowest BCUT2D eigenvalue weighted by Gasteiger charge is -2.07. The van der Waals surface area contributed by atoms with Crippen LogP contribution in [0.15, 0.2) is 23.6 Å². The molecule has 0 atom stereocenters. The highest BCUT2D eigenvalue weighted by Crippen LogP contribution is 2.27. The minimum atomic E-state index is -0.492. The zero-order valence-electron chi connectivity index (χ0n) is 10.3. The quantitative estimate of drug-likeness (QED) is 0.921. The van der Waals surface area contributed by atoms with E-state index in [4.69, 9.17) is 10.5 Å². The van der Waals surface area contributed by atoms with Crippen molar-refractivity contribution in [3.8, 4) is 17.0 Å². The molecule has 0 fully saturated rings. The first-order chi connectivity index (χ1) is 8.61.